The van der Waals surface area contributed by atoms with Crippen molar-refractivity contribution in [3.63, 3.8) is 0 Å². The van der Waals surface area contributed by atoms with E-state index in [1.165, 1.54) is 25.3 Å². The molecule has 0 saturated carbocycles. The van der Waals surface area contributed by atoms with E-state index in [0.717, 1.165) is 11.1 Å². The smallest absolute Gasteiger partial charge is 0.338 e. The van der Waals surface area contributed by atoms with Crippen molar-refractivity contribution in [3.8, 4) is 17.2 Å². The molecule has 0 aliphatic heterocycles. The summed E-state index contributed by atoms with van der Waals surface area (Å²) < 4.78 is 21.0. The predicted octanol–water partition coefficient (Wildman–Crippen LogP) is 2.23. The van der Waals surface area contributed by atoms with Crippen LogP contribution in [0.3, 0.4) is 0 Å². The molecule has 0 aliphatic carbocycles. The fourth-order valence-corrected chi connectivity index (χ4v) is 2.31. The number of carbonyl (C=O) groups is 2. The van der Waals surface area contributed by atoms with Crippen LogP contribution in [0.5, 0.6) is 17.2 Å². The van der Waals surface area contributed by atoms with Crippen molar-refractivity contribution in [2.24, 2.45) is 5.73 Å². The first-order valence-corrected chi connectivity index (χ1v) is 7.84. The molecule has 1 amide bonds. The van der Waals surface area contributed by atoms with Crippen molar-refractivity contribution in [2.45, 2.75) is 13.5 Å². The highest BCUT2D eigenvalue weighted by Gasteiger charge is 2.14. The van der Waals surface area contributed by atoms with Crippen molar-refractivity contribution in [2.75, 3.05) is 20.8 Å². The number of aryl methyl sites for hydroxylation is 1. The molecular weight excluding hydrogens is 338 g/mol. The van der Waals surface area contributed by atoms with E-state index in [0.29, 0.717) is 22.8 Å². The third-order valence-electron chi connectivity index (χ3n) is 3.56. The highest BCUT2D eigenvalue weighted by molar-refractivity contribution is 5.90. The number of hydrogen-bond acceptors (Lipinski definition) is 6. The van der Waals surface area contributed by atoms with Gasteiger partial charge in [0.2, 0.25) is 0 Å². The maximum atomic E-state index is 12.3. The largest absolute Gasteiger partial charge is 0.496 e. The number of primary amides is 1. The van der Waals surface area contributed by atoms with Crippen LogP contribution in [0.15, 0.2) is 36.4 Å². The topological polar surface area (TPSA) is 97.1 Å². The lowest BCUT2D eigenvalue weighted by Gasteiger charge is -2.12. The molecule has 0 bridgehead atoms. The number of nitrogens with two attached hydrogens (primary N) is 1. The van der Waals surface area contributed by atoms with Gasteiger partial charge in [0.15, 0.2) is 18.1 Å². The van der Waals surface area contributed by atoms with Crippen LogP contribution < -0.4 is 19.9 Å². The lowest BCUT2D eigenvalue weighted by atomic mass is 10.1. The van der Waals surface area contributed by atoms with Crippen LogP contribution in [0.1, 0.15) is 21.5 Å². The SMILES string of the molecule is COc1ccc(C)cc1COC(=O)c1ccc(OCC(N)=O)c(OC)c1. The van der Waals surface area contributed by atoms with Gasteiger partial charge in [0.25, 0.3) is 5.91 Å². The highest BCUT2D eigenvalue weighted by Crippen LogP contribution is 2.28. The lowest BCUT2D eigenvalue weighted by molar-refractivity contribution is -0.119. The third-order valence-corrected chi connectivity index (χ3v) is 3.56. The Hall–Kier alpha value is -3.22. The van der Waals surface area contributed by atoms with Crippen LogP contribution in [-0.4, -0.2) is 32.7 Å². The number of amides is 1. The Bertz CT molecular complexity index is 803. The molecule has 0 aromatic heterocycles. The molecule has 2 aromatic rings. The molecule has 26 heavy (non-hydrogen) atoms. The number of carbonyl (C=O) groups excluding carboxylic acids is 2. The monoisotopic (exact) mass is 359 g/mol. The zero-order valence-electron chi connectivity index (χ0n) is 14.9. The molecule has 0 radical (unpaired) electrons. The minimum Gasteiger partial charge on any atom is -0.496 e. The number of ether oxygens (including phenoxy) is 4. The second-order valence-corrected chi connectivity index (χ2v) is 5.51. The number of rotatable bonds is 8. The molecule has 0 aliphatic rings. The van der Waals surface area contributed by atoms with Gasteiger partial charge in [-0.25, -0.2) is 4.79 Å². The average Bonchev–Trinajstić information content (AvgIpc) is 2.64. The average molecular weight is 359 g/mol. The van der Waals surface area contributed by atoms with E-state index in [4.69, 9.17) is 24.7 Å². The fourth-order valence-electron chi connectivity index (χ4n) is 2.31. The quantitative estimate of drug-likeness (QED) is 0.726. The molecule has 0 atom stereocenters. The van der Waals surface area contributed by atoms with Crippen LogP contribution in [0.4, 0.5) is 0 Å². The summed E-state index contributed by atoms with van der Waals surface area (Å²) in [6.45, 7) is 1.74. The highest BCUT2D eigenvalue weighted by atomic mass is 16.5. The Labute approximate surface area is 151 Å². The Morgan fingerprint density at radius 2 is 1.65 bits per heavy atom. The standard InChI is InChI=1S/C19H21NO6/c1-12-4-6-15(23-2)14(8-12)10-26-19(22)13-5-7-16(17(9-13)24-3)25-11-18(20)21/h4-9H,10-11H2,1-3H3,(H2,20,21). The summed E-state index contributed by atoms with van der Waals surface area (Å²) in [7, 11) is 2.99. The molecule has 0 heterocycles. The van der Waals surface area contributed by atoms with Crippen LogP contribution in [0.25, 0.3) is 0 Å². The molecule has 0 unspecified atom stereocenters. The first-order valence-electron chi connectivity index (χ1n) is 7.84. The van der Waals surface area contributed by atoms with E-state index < -0.39 is 11.9 Å². The van der Waals surface area contributed by atoms with E-state index in [2.05, 4.69) is 0 Å². The number of methoxy groups -OCH3 is 2. The van der Waals surface area contributed by atoms with Crippen LogP contribution in [0.2, 0.25) is 0 Å². The van der Waals surface area contributed by atoms with Crippen molar-refractivity contribution in [1.29, 1.82) is 0 Å². The molecule has 2 rings (SSSR count). The number of benzene rings is 2. The van der Waals surface area contributed by atoms with Gasteiger partial charge in [-0.3, -0.25) is 4.79 Å². The van der Waals surface area contributed by atoms with E-state index >= 15 is 0 Å². The van der Waals surface area contributed by atoms with Gasteiger partial charge in [0, 0.05) is 5.56 Å². The number of esters is 1. The normalized spacial score (nSPS) is 10.1. The Balaban J connectivity index is 2.10. The molecule has 2 aromatic carbocycles. The van der Waals surface area contributed by atoms with Gasteiger partial charge in [-0.15, -0.1) is 0 Å². The van der Waals surface area contributed by atoms with Crippen LogP contribution in [-0.2, 0) is 16.1 Å². The lowest BCUT2D eigenvalue weighted by Crippen LogP contribution is -2.20. The minimum absolute atomic E-state index is 0.0753. The maximum Gasteiger partial charge on any atom is 0.338 e. The van der Waals surface area contributed by atoms with Crippen LogP contribution in [0, 0.1) is 6.92 Å². The van der Waals surface area contributed by atoms with E-state index in [1.807, 2.05) is 25.1 Å². The second kappa shape index (κ2) is 8.75. The summed E-state index contributed by atoms with van der Waals surface area (Å²) in [6, 6.07) is 10.2. The maximum absolute atomic E-state index is 12.3. The molecule has 0 saturated heterocycles. The van der Waals surface area contributed by atoms with Crippen molar-refractivity contribution >= 4 is 11.9 Å². The zero-order valence-corrected chi connectivity index (χ0v) is 14.9. The van der Waals surface area contributed by atoms with E-state index in [1.54, 1.807) is 7.11 Å². The zero-order chi connectivity index (χ0) is 19.1. The molecule has 2 N–H and O–H groups in total. The van der Waals surface area contributed by atoms with Crippen LogP contribution >= 0.6 is 0 Å². The van der Waals surface area contributed by atoms with Crippen molar-refractivity contribution < 1.29 is 28.5 Å². The van der Waals surface area contributed by atoms with E-state index in [-0.39, 0.29) is 13.2 Å². The summed E-state index contributed by atoms with van der Waals surface area (Å²) in [5.74, 6) is 0.129. The summed E-state index contributed by atoms with van der Waals surface area (Å²) in [5, 5.41) is 0. The summed E-state index contributed by atoms with van der Waals surface area (Å²) in [6.07, 6.45) is 0. The molecule has 7 heteroatoms. The summed E-state index contributed by atoms with van der Waals surface area (Å²) in [5.41, 5.74) is 7.15. The molecule has 0 fully saturated rings. The predicted molar refractivity (Wildman–Crippen MR) is 94.5 cm³/mol. The fraction of sp³-hybridized carbons (Fsp3) is 0.263. The van der Waals surface area contributed by atoms with Gasteiger partial charge in [-0.2, -0.15) is 0 Å². The van der Waals surface area contributed by atoms with Crippen molar-refractivity contribution in [1.82, 2.24) is 0 Å². The molecular formula is C19H21NO6. The summed E-state index contributed by atoms with van der Waals surface area (Å²) >= 11 is 0. The van der Waals surface area contributed by atoms with Gasteiger partial charge in [0.05, 0.1) is 19.8 Å². The third kappa shape index (κ3) is 4.89. The minimum atomic E-state index is -0.609. The Morgan fingerprint density at radius 3 is 2.31 bits per heavy atom. The van der Waals surface area contributed by atoms with Gasteiger partial charge in [-0.05, 0) is 37.3 Å². The Kier molecular flexibility index (Phi) is 6.43. The summed E-state index contributed by atoms with van der Waals surface area (Å²) in [4.78, 5) is 23.1. The van der Waals surface area contributed by atoms with Gasteiger partial charge < -0.3 is 24.7 Å². The Morgan fingerprint density at radius 1 is 0.962 bits per heavy atom. The first kappa shape index (κ1) is 19.1. The first-order chi connectivity index (χ1) is 12.4. The van der Waals surface area contributed by atoms with Gasteiger partial charge in [-0.1, -0.05) is 11.6 Å². The molecule has 138 valence electrons. The van der Waals surface area contributed by atoms with E-state index in [9.17, 15) is 9.59 Å². The van der Waals surface area contributed by atoms with Gasteiger partial charge in [0.1, 0.15) is 12.4 Å². The molecule has 7 nitrogen and oxygen atoms in total. The number of hydrogen-bond donors (Lipinski definition) is 1. The van der Waals surface area contributed by atoms with Gasteiger partial charge >= 0.3 is 5.97 Å². The second-order valence-electron chi connectivity index (χ2n) is 5.51. The molecule has 0 spiro atoms. The van der Waals surface area contributed by atoms with Crippen molar-refractivity contribution in [3.05, 3.63) is 53.1 Å².